The molecule has 22 heavy (non-hydrogen) atoms. The molecule has 0 aliphatic rings. The van der Waals surface area contributed by atoms with Crippen molar-refractivity contribution in [3.63, 3.8) is 0 Å². The van der Waals surface area contributed by atoms with E-state index in [4.69, 9.17) is 0 Å². The van der Waals surface area contributed by atoms with Gasteiger partial charge in [-0.25, -0.2) is 13.4 Å². The van der Waals surface area contributed by atoms with E-state index in [1.54, 1.807) is 5.38 Å². The van der Waals surface area contributed by atoms with E-state index in [0.29, 0.717) is 0 Å². The highest BCUT2D eigenvalue weighted by Crippen LogP contribution is 2.20. The maximum atomic E-state index is 12.1. The lowest BCUT2D eigenvalue weighted by Crippen LogP contribution is -2.28. The third-order valence-corrected chi connectivity index (χ3v) is 6.17. The molecule has 1 aromatic heterocycles. The van der Waals surface area contributed by atoms with Crippen LogP contribution in [0.25, 0.3) is 0 Å². The summed E-state index contributed by atoms with van der Waals surface area (Å²) in [6.45, 7) is 0. The van der Waals surface area contributed by atoms with E-state index < -0.39 is 20.2 Å². The molecule has 0 saturated carbocycles. The third kappa shape index (κ3) is 3.94. The van der Waals surface area contributed by atoms with Gasteiger partial charge in [-0.05, 0) is 24.3 Å². The second-order valence-electron chi connectivity index (χ2n) is 4.36. The average molecular weight is 362 g/mol. The van der Waals surface area contributed by atoms with Crippen LogP contribution in [0.1, 0.15) is 0 Å². The minimum atomic E-state index is -3.75. The number of rotatable bonds is 6. The number of thiazole rings is 1. The van der Waals surface area contributed by atoms with E-state index in [9.17, 15) is 16.8 Å². The Bertz CT molecular complexity index is 828. The molecule has 0 unspecified atom stereocenters. The summed E-state index contributed by atoms with van der Waals surface area (Å²) < 4.78 is 53.2. The number of anilines is 2. The highest BCUT2D eigenvalue weighted by Gasteiger charge is 2.17. The standard InChI is InChI=1S/C11H14N4O4S3/c1-15(2)22(18,19)13-9-3-5-10(6-4-9)21(16,17)14-11-12-7-8-20-11/h3-8,13H,1-2H3,(H,12,14). The molecule has 0 amide bonds. The number of nitrogens with zero attached hydrogens (tertiary/aromatic N) is 2. The molecule has 0 fully saturated rings. The smallest absolute Gasteiger partial charge is 0.271 e. The summed E-state index contributed by atoms with van der Waals surface area (Å²) in [6, 6.07) is 5.36. The zero-order chi connectivity index (χ0) is 16.4. The van der Waals surface area contributed by atoms with Gasteiger partial charge >= 0.3 is 10.2 Å². The first-order valence-electron chi connectivity index (χ1n) is 5.93. The first-order valence-corrected chi connectivity index (χ1v) is 9.74. The van der Waals surface area contributed by atoms with Crippen molar-refractivity contribution in [3.05, 3.63) is 35.8 Å². The lowest BCUT2D eigenvalue weighted by atomic mass is 10.3. The first kappa shape index (κ1) is 16.7. The number of hydrogen-bond acceptors (Lipinski definition) is 6. The molecule has 0 spiro atoms. The van der Waals surface area contributed by atoms with E-state index >= 15 is 0 Å². The molecule has 0 atom stereocenters. The number of aromatic nitrogens is 1. The number of benzene rings is 1. The fraction of sp³-hybridized carbons (Fsp3) is 0.182. The Kier molecular flexibility index (Phi) is 4.70. The summed E-state index contributed by atoms with van der Waals surface area (Å²) in [5.74, 6) is 0. The summed E-state index contributed by atoms with van der Waals surface area (Å²) in [5, 5.41) is 1.91. The van der Waals surface area contributed by atoms with Crippen molar-refractivity contribution in [1.29, 1.82) is 0 Å². The Labute approximate surface area is 133 Å². The molecule has 0 radical (unpaired) electrons. The maximum absolute atomic E-state index is 12.1. The molecule has 0 bridgehead atoms. The van der Waals surface area contributed by atoms with Gasteiger partial charge in [0, 0.05) is 31.4 Å². The van der Waals surface area contributed by atoms with Crippen LogP contribution >= 0.6 is 11.3 Å². The zero-order valence-electron chi connectivity index (χ0n) is 11.7. The van der Waals surface area contributed by atoms with E-state index in [1.807, 2.05) is 0 Å². The number of nitrogens with one attached hydrogen (secondary N) is 2. The van der Waals surface area contributed by atoms with Crippen molar-refractivity contribution < 1.29 is 16.8 Å². The molecule has 0 saturated heterocycles. The third-order valence-electron chi connectivity index (χ3n) is 2.55. The van der Waals surface area contributed by atoms with Gasteiger partial charge in [0.25, 0.3) is 10.0 Å². The van der Waals surface area contributed by atoms with E-state index in [2.05, 4.69) is 14.4 Å². The molecule has 1 aromatic carbocycles. The highest BCUT2D eigenvalue weighted by molar-refractivity contribution is 7.93. The topological polar surface area (TPSA) is 108 Å². The van der Waals surface area contributed by atoms with Gasteiger partial charge in [0.05, 0.1) is 4.90 Å². The molecule has 1 heterocycles. The van der Waals surface area contributed by atoms with Gasteiger partial charge in [-0.3, -0.25) is 9.44 Å². The summed E-state index contributed by atoms with van der Waals surface area (Å²) in [5.41, 5.74) is 0.266. The summed E-state index contributed by atoms with van der Waals surface area (Å²) in [6.07, 6.45) is 1.49. The van der Waals surface area contributed by atoms with Gasteiger partial charge in [0.15, 0.2) is 5.13 Å². The summed E-state index contributed by atoms with van der Waals surface area (Å²) in [7, 11) is -4.60. The summed E-state index contributed by atoms with van der Waals surface area (Å²) in [4.78, 5) is 3.85. The van der Waals surface area contributed by atoms with Crippen LogP contribution in [-0.4, -0.2) is 40.2 Å². The van der Waals surface area contributed by atoms with Crippen molar-refractivity contribution in [2.24, 2.45) is 0 Å². The fourth-order valence-corrected chi connectivity index (χ4v) is 3.80. The van der Waals surface area contributed by atoms with E-state index in [-0.39, 0.29) is 15.7 Å². The quantitative estimate of drug-likeness (QED) is 0.802. The van der Waals surface area contributed by atoms with E-state index in [1.165, 1.54) is 44.6 Å². The van der Waals surface area contributed by atoms with Gasteiger partial charge in [0.1, 0.15) is 0 Å². The van der Waals surface area contributed by atoms with Gasteiger partial charge in [-0.15, -0.1) is 11.3 Å². The molecule has 0 aliphatic heterocycles. The fourth-order valence-electron chi connectivity index (χ4n) is 1.39. The van der Waals surface area contributed by atoms with Crippen LogP contribution in [0.15, 0.2) is 40.7 Å². The Morgan fingerprint density at radius 3 is 2.18 bits per heavy atom. The van der Waals surface area contributed by atoms with Crippen molar-refractivity contribution in [1.82, 2.24) is 9.29 Å². The van der Waals surface area contributed by atoms with Crippen molar-refractivity contribution in [3.8, 4) is 0 Å². The lowest BCUT2D eigenvalue weighted by molar-refractivity contribution is 0.527. The molecule has 8 nitrogen and oxygen atoms in total. The zero-order valence-corrected chi connectivity index (χ0v) is 14.2. The molecule has 2 rings (SSSR count). The Hall–Kier alpha value is -1.69. The lowest BCUT2D eigenvalue weighted by Gasteiger charge is -2.13. The Morgan fingerprint density at radius 1 is 1.05 bits per heavy atom. The van der Waals surface area contributed by atoms with Crippen molar-refractivity contribution >= 4 is 42.4 Å². The minimum absolute atomic E-state index is 0.00972. The molecule has 120 valence electrons. The van der Waals surface area contributed by atoms with Crippen molar-refractivity contribution in [2.75, 3.05) is 23.5 Å². The van der Waals surface area contributed by atoms with Gasteiger partial charge in [-0.1, -0.05) is 0 Å². The minimum Gasteiger partial charge on any atom is -0.271 e. The first-order chi connectivity index (χ1) is 10.2. The average Bonchev–Trinajstić information content (AvgIpc) is 2.91. The Balaban J connectivity index is 2.18. The molecule has 0 aliphatic carbocycles. The molecule has 2 N–H and O–H groups in total. The van der Waals surface area contributed by atoms with Gasteiger partial charge < -0.3 is 0 Å². The summed E-state index contributed by atoms with van der Waals surface area (Å²) >= 11 is 1.16. The highest BCUT2D eigenvalue weighted by atomic mass is 32.2. The predicted octanol–water partition coefficient (Wildman–Crippen LogP) is 1.16. The van der Waals surface area contributed by atoms with Crippen LogP contribution in [0, 0.1) is 0 Å². The normalized spacial score (nSPS) is 12.3. The molecule has 11 heteroatoms. The molecular weight excluding hydrogens is 348 g/mol. The number of sulfonamides is 1. The van der Waals surface area contributed by atoms with Crippen LogP contribution < -0.4 is 9.44 Å². The van der Waals surface area contributed by atoms with Crippen LogP contribution in [0.4, 0.5) is 10.8 Å². The predicted molar refractivity (Wildman–Crippen MR) is 85.6 cm³/mol. The van der Waals surface area contributed by atoms with Gasteiger partial charge in [0.2, 0.25) is 0 Å². The second kappa shape index (κ2) is 6.20. The van der Waals surface area contributed by atoms with Crippen LogP contribution in [-0.2, 0) is 20.2 Å². The molecular formula is C11H14N4O4S3. The molecule has 2 aromatic rings. The van der Waals surface area contributed by atoms with Gasteiger partial charge in [-0.2, -0.15) is 12.7 Å². The van der Waals surface area contributed by atoms with Crippen LogP contribution in [0.2, 0.25) is 0 Å². The monoisotopic (exact) mass is 362 g/mol. The Morgan fingerprint density at radius 2 is 1.68 bits per heavy atom. The van der Waals surface area contributed by atoms with Crippen LogP contribution in [0.3, 0.4) is 0 Å². The van der Waals surface area contributed by atoms with Crippen LogP contribution in [0.5, 0.6) is 0 Å². The largest absolute Gasteiger partial charge is 0.301 e. The number of hydrogen-bond donors (Lipinski definition) is 2. The SMILES string of the molecule is CN(C)S(=O)(=O)Nc1ccc(S(=O)(=O)Nc2nccs2)cc1. The second-order valence-corrected chi connectivity index (χ2v) is 8.82. The van der Waals surface area contributed by atoms with Crippen molar-refractivity contribution in [2.45, 2.75) is 4.90 Å². The maximum Gasteiger partial charge on any atom is 0.301 e. The van der Waals surface area contributed by atoms with E-state index in [0.717, 1.165) is 15.6 Å².